The van der Waals surface area contributed by atoms with E-state index < -0.39 is 6.10 Å². The molecule has 1 aliphatic heterocycles. The van der Waals surface area contributed by atoms with Gasteiger partial charge in [0.15, 0.2) is 0 Å². The fourth-order valence-electron chi connectivity index (χ4n) is 2.33. The summed E-state index contributed by atoms with van der Waals surface area (Å²) >= 11 is 6.24. The molecule has 0 spiro atoms. The van der Waals surface area contributed by atoms with Gasteiger partial charge in [0.2, 0.25) is 0 Å². The molecule has 112 valence electrons. The monoisotopic (exact) mass is 318 g/mol. The summed E-state index contributed by atoms with van der Waals surface area (Å²) in [5, 5.41) is 4.00. The molecule has 1 aromatic rings. The van der Waals surface area contributed by atoms with Crippen molar-refractivity contribution >= 4 is 29.9 Å². The molecule has 4 nitrogen and oxygen atoms in total. The summed E-state index contributed by atoms with van der Waals surface area (Å²) < 4.78 is 5.14. The Labute approximate surface area is 130 Å². The van der Waals surface area contributed by atoms with Crippen molar-refractivity contribution in [2.24, 2.45) is 0 Å². The van der Waals surface area contributed by atoms with E-state index in [1.165, 1.54) is 0 Å². The maximum absolute atomic E-state index is 12.4. The summed E-state index contributed by atoms with van der Waals surface area (Å²) in [7, 11) is 1.55. The Bertz CT molecular complexity index is 457. The van der Waals surface area contributed by atoms with Crippen molar-refractivity contribution in [3.8, 4) is 0 Å². The number of nitrogens with one attached hydrogen (secondary N) is 1. The lowest BCUT2D eigenvalue weighted by Crippen LogP contribution is -2.51. The molecule has 2 rings (SSSR count). The van der Waals surface area contributed by atoms with Crippen molar-refractivity contribution in [2.45, 2.75) is 19.1 Å². The minimum Gasteiger partial charge on any atom is -0.372 e. The molecule has 2 unspecified atom stereocenters. The first-order valence-corrected chi connectivity index (χ1v) is 6.81. The average molecular weight is 319 g/mol. The van der Waals surface area contributed by atoms with Gasteiger partial charge < -0.3 is 15.0 Å². The van der Waals surface area contributed by atoms with E-state index in [2.05, 4.69) is 5.32 Å². The van der Waals surface area contributed by atoms with Crippen LogP contribution >= 0.6 is 24.0 Å². The van der Waals surface area contributed by atoms with Gasteiger partial charge in [-0.05, 0) is 18.6 Å². The predicted octanol–water partition coefficient (Wildman–Crippen LogP) is 2.27. The number of benzene rings is 1. The van der Waals surface area contributed by atoms with Crippen LogP contribution in [0.15, 0.2) is 24.3 Å². The van der Waals surface area contributed by atoms with Crippen molar-refractivity contribution in [2.75, 3.05) is 26.7 Å². The van der Waals surface area contributed by atoms with E-state index in [4.69, 9.17) is 16.3 Å². The maximum Gasteiger partial charge on any atom is 0.251 e. The molecule has 1 N–H and O–H groups in total. The van der Waals surface area contributed by atoms with Crippen LogP contribution in [-0.4, -0.2) is 43.7 Å². The van der Waals surface area contributed by atoms with E-state index in [0.29, 0.717) is 18.1 Å². The third-order valence-electron chi connectivity index (χ3n) is 3.49. The molecule has 1 amide bonds. The fraction of sp³-hybridized carbons (Fsp3) is 0.500. The Hall–Kier alpha value is -0.810. The molecule has 1 fully saturated rings. The summed E-state index contributed by atoms with van der Waals surface area (Å²) in [4.78, 5) is 14.2. The summed E-state index contributed by atoms with van der Waals surface area (Å²) in [5.74, 6) is 0.00826. The van der Waals surface area contributed by atoms with Gasteiger partial charge in [-0.3, -0.25) is 4.79 Å². The van der Waals surface area contributed by atoms with Crippen LogP contribution in [-0.2, 0) is 9.53 Å². The molecule has 2 atom stereocenters. The van der Waals surface area contributed by atoms with Crippen LogP contribution in [0.1, 0.15) is 18.5 Å². The van der Waals surface area contributed by atoms with Crippen LogP contribution in [0, 0.1) is 0 Å². The fourth-order valence-corrected chi connectivity index (χ4v) is 2.59. The molecule has 0 saturated carbocycles. The molecular formula is C14H20Cl2N2O2. The lowest BCUT2D eigenvalue weighted by atomic mass is 10.0. The number of piperazine rings is 1. The number of carbonyl (C=O) groups is 1. The zero-order valence-corrected chi connectivity index (χ0v) is 13.2. The normalized spacial score (nSPS) is 20.1. The molecule has 1 aromatic carbocycles. The van der Waals surface area contributed by atoms with E-state index in [1.807, 2.05) is 29.2 Å². The standard InChI is InChI=1S/C14H19ClN2O2.ClH/c1-10(19-2)14(18)17-8-7-16-9-13(17)11-5-3-4-6-12(11)15;/h3-6,10,13,16H,7-9H2,1-2H3;1H. The second kappa shape index (κ2) is 7.84. The van der Waals surface area contributed by atoms with Crippen molar-refractivity contribution < 1.29 is 9.53 Å². The Kier molecular flexibility index (Phi) is 6.76. The Balaban J connectivity index is 0.00000200. The topological polar surface area (TPSA) is 41.6 Å². The highest BCUT2D eigenvalue weighted by Crippen LogP contribution is 2.29. The quantitative estimate of drug-likeness (QED) is 0.929. The molecule has 0 bridgehead atoms. The van der Waals surface area contributed by atoms with Gasteiger partial charge in [0.05, 0.1) is 6.04 Å². The average Bonchev–Trinajstić information content (AvgIpc) is 2.46. The zero-order chi connectivity index (χ0) is 13.8. The predicted molar refractivity (Wildman–Crippen MR) is 82.5 cm³/mol. The first kappa shape index (κ1) is 17.2. The highest BCUT2D eigenvalue weighted by atomic mass is 35.5. The highest BCUT2D eigenvalue weighted by molar-refractivity contribution is 6.31. The SMILES string of the molecule is COC(C)C(=O)N1CCNCC1c1ccccc1Cl.Cl. The van der Waals surface area contributed by atoms with Gasteiger partial charge in [0.1, 0.15) is 6.10 Å². The molecule has 0 aromatic heterocycles. The number of halogens is 2. The van der Waals surface area contributed by atoms with Crippen LogP contribution in [0.4, 0.5) is 0 Å². The van der Waals surface area contributed by atoms with Crippen molar-refractivity contribution in [3.63, 3.8) is 0 Å². The minimum atomic E-state index is -0.428. The third-order valence-corrected chi connectivity index (χ3v) is 3.84. The lowest BCUT2D eigenvalue weighted by Gasteiger charge is -2.38. The van der Waals surface area contributed by atoms with Gasteiger partial charge >= 0.3 is 0 Å². The van der Waals surface area contributed by atoms with Gasteiger partial charge in [0.25, 0.3) is 5.91 Å². The van der Waals surface area contributed by atoms with Crippen LogP contribution in [0.25, 0.3) is 0 Å². The highest BCUT2D eigenvalue weighted by Gasteiger charge is 2.31. The number of ether oxygens (including phenoxy) is 1. The van der Waals surface area contributed by atoms with E-state index in [0.717, 1.165) is 12.1 Å². The number of methoxy groups -OCH3 is 1. The van der Waals surface area contributed by atoms with Crippen molar-refractivity contribution in [1.29, 1.82) is 0 Å². The van der Waals surface area contributed by atoms with Crippen LogP contribution in [0.3, 0.4) is 0 Å². The summed E-state index contributed by atoms with van der Waals surface area (Å²) in [6.07, 6.45) is -0.428. The smallest absolute Gasteiger partial charge is 0.251 e. The van der Waals surface area contributed by atoms with Gasteiger partial charge in [-0.1, -0.05) is 29.8 Å². The van der Waals surface area contributed by atoms with Crippen molar-refractivity contribution in [1.82, 2.24) is 10.2 Å². The molecule has 1 aliphatic rings. The second-order valence-electron chi connectivity index (χ2n) is 4.65. The largest absolute Gasteiger partial charge is 0.372 e. The Morgan fingerprint density at radius 3 is 2.85 bits per heavy atom. The van der Waals surface area contributed by atoms with E-state index in [1.54, 1.807) is 14.0 Å². The molecular weight excluding hydrogens is 299 g/mol. The van der Waals surface area contributed by atoms with Crippen molar-refractivity contribution in [3.05, 3.63) is 34.9 Å². The van der Waals surface area contributed by atoms with E-state index >= 15 is 0 Å². The summed E-state index contributed by atoms with van der Waals surface area (Å²) in [6.45, 7) is 3.95. The molecule has 6 heteroatoms. The zero-order valence-electron chi connectivity index (χ0n) is 11.6. The first-order chi connectivity index (χ1) is 9.15. The second-order valence-corrected chi connectivity index (χ2v) is 5.06. The third kappa shape index (κ3) is 3.64. The number of carbonyl (C=O) groups excluding carboxylic acids is 1. The number of nitrogens with zero attached hydrogens (tertiary/aromatic N) is 1. The van der Waals surface area contributed by atoms with Crippen LogP contribution in [0.2, 0.25) is 5.02 Å². The summed E-state index contributed by atoms with van der Waals surface area (Å²) in [5.41, 5.74) is 0.980. The molecule has 1 heterocycles. The van der Waals surface area contributed by atoms with Gasteiger partial charge in [-0.25, -0.2) is 0 Å². The molecule has 20 heavy (non-hydrogen) atoms. The molecule has 1 saturated heterocycles. The van der Waals surface area contributed by atoms with E-state index in [9.17, 15) is 4.79 Å². The number of hydrogen-bond donors (Lipinski definition) is 1. The van der Waals surface area contributed by atoms with E-state index in [-0.39, 0.29) is 24.4 Å². The van der Waals surface area contributed by atoms with Crippen LogP contribution < -0.4 is 5.32 Å². The van der Waals surface area contributed by atoms with Crippen LogP contribution in [0.5, 0.6) is 0 Å². The number of hydrogen-bond acceptors (Lipinski definition) is 3. The maximum atomic E-state index is 12.4. The Morgan fingerprint density at radius 2 is 2.20 bits per heavy atom. The van der Waals surface area contributed by atoms with Gasteiger partial charge in [0, 0.05) is 31.8 Å². The first-order valence-electron chi connectivity index (χ1n) is 6.43. The minimum absolute atomic E-state index is 0. The molecule has 0 aliphatic carbocycles. The van der Waals surface area contributed by atoms with Gasteiger partial charge in [-0.15, -0.1) is 12.4 Å². The number of amides is 1. The Morgan fingerprint density at radius 1 is 1.50 bits per heavy atom. The van der Waals surface area contributed by atoms with Gasteiger partial charge in [-0.2, -0.15) is 0 Å². The summed E-state index contributed by atoms with van der Waals surface area (Å²) in [6, 6.07) is 7.63. The lowest BCUT2D eigenvalue weighted by molar-refractivity contribution is -0.144. The molecule has 0 radical (unpaired) electrons. The number of rotatable bonds is 3.